The van der Waals surface area contributed by atoms with Crippen LogP contribution in [-0.4, -0.2) is 36.1 Å². The normalized spacial score (nSPS) is 20.4. The van der Waals surface area contributed by atoms with E-state index < -0.39 is 0 Å². The molecule has 132 valence electrons. The molecule has 0 N–H and O–H groups in total. The van der Waals surface area contributed by atoms with E-state index in [2.05, 4.69) is 0 Å². The van der Waals surface area contributed by atoms with Gasteiger partial charge in [0.25, 0.3) is 5.91 Å². The van der Waals surface area contributed by atoms with Crippen LogP contribution in [-0.2, 0) is 11.3 Å². The van der Waals surface area contributed by atoms with Crippen molar-refractivity contribution in [1.82, 2.24) is 4.90 Å². The maximum atomic E-state index is 13.0. The Hall–Kier alpha value is -2.04. The minimum absolute atomic E-state index is 0.0191. The van der Waals surface area contributed by atoms with Crippen LogP contribution >= 0.6 is 11.6 Å². The Morgan fingerprint density at radius 3 is 2.68 bits per heavy atom. The lowest BCUT2D eigenvalue weighted by molar-refractivity contribution is -0.0388. The maximum Gasteiger partial charge on any atom is 0.258 e. The van der Waals surface area contributed by atoms with Gasteiger partial charge in [0.1, 0.15) is 12.4 Å². The summed E-state index contributed by atoms with van der Waals surface area (Å²) in [4.78, 5) is 14.9. The fourth-order valence-electron chi connectivity index (χ4n) is 2.85. The number of halogens is 1. The molecule has 3 rings (SSSR count). The van der Waals surface area contributed by atoms with Crippen LogP contribution in [0.4, 0.5) is 0 Å². The highest BCUT2D eigenvalue weighted by Gasteiger charge is 2.29. The quantitative estimate of drug-likeness (QED) is 0.822. The molecule has 5 heteroatoms. The predicted molar refractivity (Wildman–Crippen MR) is 98.1 cm³/mol. The zero-order valence-electron chi connectivity index (χ0n) is 14.4. The van der Waals surface area contributed by atoms with Gasteiger partial charge in [0.05, 0.1) is 24.3 Å². The van der Waals surface area contributed by atoms with Crippen molar-refractivity contribution in [2.24, 2.45) is 0 Å². The Labute approximate surface area is 153 Å². The molecule has 1 aliphatic heterocycles. The summed E-state index contributed by atoms with van der Waals surface area (Å²) in [6.07, 6.45) is 0.0438. The summed E-state index contributed by atoms with van der Waals surface area (Å²) in [5, 5.41) is 0.690. The van der Waals surface area contributed by atoms with Crippen molar-refractivity contribution in [3.8, 4) is 5.75 Å². The molecule has 1 aliphatic rings. The van der Waals surface area contributed by atoms with Gasteiger partial charge in [0.2, 0.25) is 0 Å². The lowest BCUT2D eigenvalue weighted by atomic mass is 10.1. The first-order valence-corrected chi connectivity index (χ1v) is 8.81. The smallest absolute Gasteiger partial charge is 0.258 e. The SMILES string of the molecule is CC1CN(C(=O)c2ccccc2OCc2ccc(Cl)cc2)C(C)CO1. The molecule has 1 saturated heterocycles. The molecule has 2 aromatic rings. The lowest BCUT2D eigenvalue weighted by Crippen LogP contribution is -2.50. The molecule has 0 aliphatic carbocycles. The monoisotopic (exact) mass is 359 g/mol. The molecule has 1 amide bonds. The van der Waals surface area contributed by atoms with Crippen molar-refractivity contribution in [2.75, 3.05) is 13.2 Å². The first-order valence-electron chi connectivity index (χ1n) is 8.43. The summed E-state index contributed by atoms with van der Waals surface area (Å²) in [6.45, 7) is 5.51. The van der Waals surface area contributed by atoms with E-state index in [-0.39, 0.29) is 18.1 Å². The Balaban J connectivity index is 1.75. The number of hydrogen-bond donors (Lipinski definition) is 0. The number of morpholine rings is 1. The Kier molecular flexibility index (Phi) is 5.61. The molecular weight excluding hydrogens is 338 g/mol. The summed E-state index contributed by atoms with van der Waals surface area (Å²) < 4.78 is 11.5. The molecule has 4 nitrogen and oxygen atoms in total. The van der Waals surface area contributed by atoms with Gasteiger partial charge in [-0.05, 0) is 43.7 Å². The number of ether oxygens (including phenoxy) is 2. The maximum absolute atomic E-state index is 13.0. The third-order valence-corrected chi connectivity index (χ3v) is 4.55. The Morgan fingerprint density at radius 2 is 1.92 bits per heavy atom. The lowest BCUT2D eigenvalue weighted by Gasteiger charge is -2.37. The van der Waals surface area contributed by atoms with Crippen molar-refractivity contribution >= 4 is 17.5 Å². The second-order valence-corrected chi connectivity index (χ2v) is 6.80. The first-order chi connectivity index (χ1) is 12.0. The molecular formula is C20H22ClNO3. The van der Waals surface area contributed by atoms with Gasteiger partial charge in [-0.25, -0.2) is 0 Å². The molecule has 0 saturated carbocycles. The van der Waals surface area contributed by atoms with Crippen LogP contribution in [0.3, 0.4) is 0 Å². The van der Waals surface area contributed by atoms with E-state index in [1.165, 1.54) is 0 Å². The number of benzene rings is 2. The van der Waals surface area contributed by atoms with Gasteiger partial charge in [-0.1, -0.05) is 35.9 Å². The summed E-state index contributed by atoms with van der Waals surface area (Å²) >= 11 is 5.91. The van der Waals surface area contributed by atoms with Crippen molar-refractivity contribution < 1.29 is 14.3 Å². The zero-order chi connectivity index (χ0) is 17.8. The molecule has 2 unspecified atom stereocenters. The van der Waals surface area contributed by atoms with Gasteiger partial charge < -0.3 is 14.4 Å². The second kappa shape index (κ2) is 7.89. The number of carbonyl (C=O) groups is 1. The van der Waals surface area contributed by atoms with E-state index in [1.807, 2.05) is 67.3 Å². The Morgan fingerprint density at radius 1 is 1.20 bits per heavy atom. The Bertz CT molecular complexity index is 732. The number of hydrogen-bond acceptors (Lipinski definition) is 3. The molecule has 0 radical (unpaired) electrons. The predicted octanol–water partition coefficient (Wildman–Crippen LogP) is 4.17. The number of amides is 1. The summed E-state index contributed by atoms with van der Waals surface area (Å²) in [7, 11) is 0. The third kappa shape index (κ3) is 4.33. The fourth-order valence-corrected chi connectivity index (χ4v) is 2.98. The number of para-hydroxylation sites is 1. The fraction of sp³-hybridized carbons (Fsp3) is 0.350. The van der Waals surface area contributed by atoms with E-state index in [4.69, 9.17) is 21.1 Å². The average molecular weight is 360 g/mol. The topological polar surface area (TPSA) is 38.8 Å². The molecule has 2 aromatic carbocycles. The van der Waals surface area contributed by atoms with Gasteiger partial charge in [-0.2, -0.15) is 0 Å². The van der Waals surface area contributed by atoms with E-state index in [1.54, 1.807) is 0 Å². The van der Waals surface area contributed by atoms with Crippen LogP contribution in [0.25, 0.3) is 0 Å². The van der Waals surface area contributed by atoms with Gasteiger partial charge in [0, 0.05) is 11.6 Å². The van der Waals surface area contributed by atoms with Gasteiger partial charge >= 0.3 is 0 Å². The van der Waals surface area contributed by atoms with Gasteiger partial charge in [0.15, 0.2) is 0 Å². The summed E-state index contributed by atoms with van der Waals surface area (Å²) in [6, 6.07) is 14.9. The van der Waals surface area contributed by atoms with Crippen molar-refractivity contribution in [2.45, 2.75) is 32.6 Å². The standard InChI is InChI=1S/C20H22ClNO3/c1-14-12-24-15(2)11-22(14)20(23)18-5-3-4-6-19(18)25-13-16-7-9-17(21)10-8-16/h3-10,14-15H,11-13H2,1-2H3. The van der Waals surface area contributed by atoms with Crippen molar-refractivity contribution in [1.29, 1.82) is 0 Å². The van der Waals surface area contributed by atoms with Crippen LogP contribution in [0, 0.1) is 0 Å². The average Bonchev–Trinajstić information content (AvgIpc) is 2.63. The molecule has 25 heavy (non-hydrogen) atoms. The van der Waals surface area contributed by atoms with Crippen molar-refractivity contribution in [3.63, 3.8) is 0 Å². The molecule has 2 atom stereocenters. The van der Waals surface area contributed by atoms with Crippen molar-refractivity contribution in [3.05, 3.63) is 64.7 Å². The molecule has 0 spiro atoms. The third-order valence-electron chi connectivity index (χ3n) is 4.29. The summed E-state index contributed by atoms with van der Waals surface area (Å²) in [5.41, 5.74) is 1.58. The molecule has 0 aromatic heterocycles. The van der Waals surface area contributed by atoms with Crippen LogP contribution in [0.15, 0.2) is 48.5 Å². The highest BCUT2D eigenvalue weighted by Crippen LogP contribution is 2.24. The molecule has 1 heterocycles. The second-order valence-electron chi connectivity index (χ2n) is 6.36. The van der Waals surface area contributed by atoms with E-state index in [9.17, 15) is 4.79 Å². The zero-order valence-corrected chi connectivity index (χ0v) is 15.2. The van der Waals surface area contributed by atoms with Crippen LogP contribution in [0.5, 0.6) is 5.75 Å². The number of rotatable bonds is 4. The highest BCUT2D eigenvalue weighted by atomic mass is 35.5. The van der Waals surface area contributed by atoms with Gasteiger partial charge in [-0.15, -0.1) is 0 Å². The minimum Gasteiger partial charge on any atom is -0.488 e. The largest absolute Gasteiger partial charge is 0.488 e. The summed E-state index contributed by atoms with van der Waals surface area (Å²) in [5.74, 6) is 0.572. The van der Waals surface area contributed by atoms with Crippen LogP contribution in [0.2, 0.25) is 5.02 Å². The minimum atomic E-state index is -0.0191. The molecule has 0 bridgehead atoms. The van der Waals surface area contributed by atoms with E-state index in [0.29, 0.717) is 36.1 Å². The van der Waals surface area contributed by atoms with Crippen LogP contribution in [0.1, 0.15) is 29.8 Å². The highest BCUT2D eigenvalue weighted by molar-refractivity contribution is 6.30. The van der Waals surface area contributed by atoms with E-state index in [0.717, 1.165) is 5.56 Å². The number of nitrogens with zero attached hydrogens (tertiary/aromatic N) is 1. The number of carbonyl (C=O) groups excluding carboxylic acids is 1. The van der Waals surface area contributed by atoms with Crippen LogP contribution < -0.4 is 4.74 Å². The van der Waals surface area contributed by atoms with E-state index >= 15 is 0 Å². The van der Waals surface area contributed by atoms with Gasteiger partial charge in [-0.3, -0.25) is 4.79 Å². The molecule has 1 fully saturated rings. The first kappa shape index (κ1) is 17.8.